The number of carboxylic acids is 1. The Morgan fingerprint density at radius 1 is 0.919 bits per heavy atom. The lowest BCUT2D eigenvalue weighted by atomic mass is 10.0. The molecule has 2 aromatic carbocycles. The van der Waals surface area contributed by atoms with Crippen LogP contribution in [0.3, 0.4) is 0 Å². The van der Waals surface area contributed by atoms with Crippen LogP contribution >= 0.6 is 0 Å². The highest BCUT2D eigenvalue weighted by Gasteiger charge is 2.45. The first-order valence-corrected chi connectivity index (χ1v) is 12.9. The fraction of sp³-hybridized carbons (Fsp3) is 0.458. The summed E-state index contributed by atoms with van der Waals surface area (Å²) in [4.78, 5) is 12.9. The van der Waals surface area contributed by atoms with Gasteiger partial charge in [0.05, 0.1) is 21.9 Å². The lowest BCUT2D eigenvalue weighted by Gasteiger charge is -2.44. The normalized spacial score (nSPS) is 23.2. The van der Waals surface area contributed by atoms with Crippen LogP contribution in [0.25, 0.3) is 0 Å². The molecule has 0 spiro atoms. The van der Waals surface area contributed by atoms with E-state index >= 15 is 0 Å². The smallest absolute Gasteiger partial charge is 0.417 e. The fourth-order valence-electron chi connectivity index (χ4n) is 5.35. The summed E-state index contributed by atoms with van der Waals surface area (Å²) in [6.07, 6.45) is -10.1. The number of hydrogen-bond acceptors (Lipinski definition) is 4. The first-order chi connectivity index (χ1) is 17.0. The van der Waals surface area contributed by atoms with Crippen LogP contribution in [0.5, 0.6) is 0 Å². The van der Waals surface area contributed by atoms with Gasteiger partial charge in [-0.1, -0.05) is 12.1 Å². The van der Waals surface area contributed by atoms with Gasteiger partial charge in [0, 0.05) is 30.9 Å². The van der Waals surface area contributed by atoms with Crippen molar-refractivity contribution in [2.24, 2.45) is 5.92 Å². The van der Waals surface area contributed by atoms with Crippen LogP contribution < -0.4 is 4.90 Å². The summed E-state index contributed by atoms with van der Waals surface area (Å²) in [6.45, 7) is 3.02. The van der Waals surface area contributed by atoms with Gasteiger partial charge in [0.15, 0.2) is 0 Å². The van der Waals surface area contributed by atoms with Gasteiger partial charge in [-0.25, -0.2) is 8.42 Å². The van der Waals surface area contributed by atoms with Crippen molar-refractivity contribution in [1.82, 2.24) is 4.31 Å². The van der Waals surface area contributed by atoms with Crippen molar-refractivity contribution in [3.63, 3.8) is 0 Å². The third kappa shape index (κ3) is 5.02. The fourth-order valence-corrected chi connectivity index (χ4v) is 7.44. The highest BCUT2D eigenvalue weighted by molar-refractivity contribution is 7.89. The van der Waals surface area contributed by atoms with Crippen LogP contribution in [-0.2, 0) is 40.0 Å². The summed E-state index contributed by atoms with van der Waals surface area (Å²) in [6, 6.07) is 4.96. The molecule has 0 amide bonds. The first kappa shape index (κ1) is 27.2. The van der Waals surface area contributed by atoms with Crippen LogP contribution in [0, 0.1) is 5.92 Å². The van der Waals surface area contributed by atoms with Gasteiger partial charge in [-0.15, -0.1) is 0 Å². The maximum Gasteiger partial charge on any atom is 0.417 e. The summed E-state index contributed by atoms with van der Waals surface area (Å²) in [5.74, 6) is -1.76. The number of benzene rings is 2. The van der Waals surface area contributed by atoms with Gasteiger partial charge in [-0.05, 0) is 62.1 Å². The number of fused-ring (bicyclic) bond motifs is 1. The number of nitrogens with zero attached hydrogens (tertiary/aromatic N) is 2. The van der Waals surface area contributed by atoms with E-state index in [2.05, 4.69) is 0 Å². The molecule has 4 rings (SSSR count). The van der Waals surface area contributed by atoms with Crippen molar-refractivity contribution in [1.29, 1.82) is 0 Å². The average Bonchev–Trinajstić information content (AvgIpc) is 3.21. The molecule has 3 atom stereocenters. The summed E-state index contributed by atoms with van der Waals surface area (Å²) in [7, 11) is -4.11. The predicted molar refractivity (Wildman–Crippen MR) is 122 cm³/mol. The van der Waals surface area contributed by atoms with E-state index in [0.717, 1.165) is 6.07 Å². The quantitative estimate of drug-likeness (QED) is 0.553. The number of alkyl halides is 6. The molecule has 2 aromatic rings. The highest BCUT2D eigenvalue weighted by Crippen LogP contribution is 2.42. The predicted octanol–water partition coefficient (Wildman–Crippen LogP) is 4.81. The number of piperazine rings is 1. The number of rotatable bonds is 4. The third-order valence-corrected chi connectivity index (χ3v) is 9.08. The Morgan fingerprint density at radius 3 is 2.05 bits per heavy atom. The summed E-state index contributed by atoms with van der Waals surface area (Å²) in [5.41, 5.74) is -2.61. The van der Waals surface area contributed by atoms with Gasteiger partial charge < -0.3 is 10.0 Å². The van der Waals surface area contributed by atoms with Crippen molar-refractivity contribution in [2.45, 2.75) is 56.0 Å². The Bertz CT molecular complexity index is 1310. The molecule has 0 radical (unpaired) electrons. The molecule has 1 N–H and O–H groups in total. The van der Waals surface area contributed by atoms with Gasteiger partial charge in [0.1, 0.15) is 0 Å². The van der Waals surface area contributed by atoms with E-state index < -0.39 is 57.5 Å². The monoisotopic (exact) mass is 550 g/mol. The van der Waals surface area contributed by atoms with E-state index in [1.165, 1.54) is 15.3 Å². The molecule has 6 nitrogen and oxygen atoms in total. The Balaban J connectivity index is 1.64. The van der Waals surface area contributed by atoms with E-state index in [1.807, 2.05) is 0 Å². The Kier molecular flexibility index (Phi) is 6.77. The summed E-state index contributed by atoms with van der Waals surface area (Å²) in [5, 5.41) is 9.38. The third-order valence-electron chi connectivity index (χ3n) is 6.87. The molecule has 1 fully saturated rings. The zero-order valence-electron chi connectivity index (χ0n) is 19.8. The Hall–Kier alpha value is -2.80. The maximum absolute atomic E-state index is 13.7. The number of sulfonamides is 1. The van der Waals surface area contributed by atoms with Gasteiger partial charge in [0.2, 0.25) is 10.0 Å². The second kappa shape index (κ2) is 9.19. The largest absolute Gasteiger partial charge is 0.481 e. The lowest BCUT2D eigenvalue weighted by molar-refractivity contribution is -0.162. The topological polar surface area (TPSA) is 77.9 Å². The molecule has 0 aromatic heterocycles. The van der Waals surface area contributed by atoms with Crippen molar-refractivity contribution in [2.75, 3.05) is 18.0 Å². The standard InChI is InChI=1S/C24H24F6N2O4S/c1-13-11-31(17-6-7-19(23(25,26)27)20(10-17)24(28,29)30)12-14(2)32(13)37(35,36)21-5-3-4-15-8-16(22(33)34)9-18(15)21/h3-7,10,13-14,16H,8-9,11-12H2,1-2H3,(H,33,34)/t13-,14+,16?. The zero-order chi connectivity index (χ0) is 27.5. The van der Waals surface area contributed by atoms with E-state index in [-0.39, 0.29) is 36.5 Å². The second-order valence-corrected chi connectivity index (χ2v) is 11.3. The van der Waals surface area contributed by atoms with E-state index in [0.29, 0.717) is 23.3 Å². The molecule has 1 unspecified atom stereocenters. The van der Waals surface area contributed by atoms with E-state index in [9.17, 15) is 44.7 Å². The van der Waals surface area contributed by atoms with Crippen LogP contribution in [0.2, 0.25) is 0 Å². The van der Waals surface area contributed by atoms with Gasteiger partial charge in [-0.2, -0.15) is 30.6 Å². The number of carboxylic acid groups (broad SMARTS) is 1. The second-order valence-electron chi connectivity index (χ2n) is 9.50. The molecule has 0 saturated carbocycles. The number of halogens is 6. The molecule has 37 heavy (non-hydrogen) atoms. The maximum atomic E-state index is 13.7. The van der Waals surface area contributed by atoms with Crippen molar-refractivity contribution < 1.29 is 44.7 Å². The van der Waals surface area contributed by atoms with Gasteiger partial charge in [0.25, 0.3) is 0 Å². The SMILES string of the molecule is C[C@@H]1CN(c2ccc(C(F)(F)F)c(C(F)(F)F)c2)C[C@H](C)N1S(=O)(=O)c1cccc2c1CC(C(=O)O)C2. The lowest BCUT2D eigenvalue weighted by Crippen LogP contribution is -2.58. The number of hydrogen-bond donors (Lipinski definition) is 1. The molecule has 1 aliphatic carbocycles. The van der Waals surface area contributed by atoms with Crippen molar-refractivity contribution >= 4 is 21.7 Å². The number of anilines is 1. The van der Waals surface area contributed by atoms with Gasteiger partial charge in [-0.3, -0.25) is 4.79 Å². The van der Waals surface area contributed by atoms with Gasteiger partial charge >= 0.3 is 18.3 Å². The number of carbonyl (C=O) groups is 1. The molecular weight excluding hydrogens is 526 g/mol. The molecule has 1 heterocycles. The number of aliphatic carboxylic acids is 1. The molecular formula is C24H24F6N2O4S. The molecule has 1 saturated heterocycles. The van der Waals surface area contributed by atoms with Crippen LogP contribution in [0.15, 0.2) is 41.3 Å². The highest BCUT2D eigenvalue weighted by atomic mass is 32.2. The molecule has 202 valence electrons. The van der Waals surface area contributed by atoms with Crippen molar-refractivity contribution in [3.05, 3.63) is 58.7 Å². The molecule has 0 bridgehead atoms. The first-order valence-electron chi connectivity index (χ1n) is 11.4. The summed E-state index contributed by atoms with van der Waals surface area (Å²) < 4.78 is 108. The zero-order valence-corrected chi connectivity index (χ0v) is 20.6. The Labute approximate surface area is 209 Å². The minimum absolute atomic E-state index is 0.00483. The average molecular weight is 551 g/mol. The van der Waals surface area contributed by atoms with Crippen LogP contribution in [0.4, 0.5) is 32.0 Å². The molecule has 2 aliphatic rings. The molecule has 1 aliphatic heterocycles. The van der Waals surface area contributed by atoms with Crippen LogP contribution in [-0.4, -0.2) is 49.0 Å². The van der Waals surface area contributed by atoms with Crippen molar-refractivity contribution in [3.8, 4) is 0 Å². The molecule has 13 heteroatoms. The minimum Gasteiger partial charge on any atom is -0.481 e. The van der Waals surface area contributed by atoms with E-state index in [4.69, 9.17) is 0 Å². The van der Waals surface area contributed by atoms with Crippen LogP contribution in [0.1, 0.15) is 36.1 Å². The Morgan fingerprint density at radius 2 is 1.51 bits per heavy atom. The minimum atomic E-state index is -5.23. The summed E-state index contributed by atoms with van der Waals surface area (Å²) >= 11 is 0. The van der Waals surface area contributed by atoms with E-state index in [1.54, 1.807) is 26.0 Å².